The highest BCUT2D eigenvalue weighted by Crippen LogP contribution is 2.24. The van der Waals surface area contributed by atoms with E-state index < -0.39 is 4.92 Å². The molecule has 1 rings (SSSR count). The molecular formula is C11H13N3O3. The summed E-state index contributed by atoms with van der Waals surface area (Å²) in [6.07, 6.45) is 0. The number of nitriles is 1. The Morgan fingerprint density at radius 2 is 2.29 bits per heavy atom. The fourth-order valence-corrected chi connectivity index (χ4v) is 1.36. The predicted molar refractivity (Wildman–Crippen MR) is 63.0 cm³/mol. The van der Waals surface area contributed by atoms with Gasteiger partial charge in [0.05, 0.1) is 11.5 Å². The smallest absolute Gasteiger partial charge is 0.289 e. The fraction of sp³-hybridized carbons (Fsp3) is 0.364. The number of nitro benzene ring substituents is 1. The summed E-state index contributed by atoms with van der Waals surface area (Å²) >= 11 is 0. The molecule has 0 spiro atoms. The number of hydrogen-bond donors (Lipinski definition) is 0. The minimum atomic E-state index is -0.549. The highest BCUT2D eigenvalue weighted by molar-refractivity contribution is 5.60. The summed E-state index contributed by atoms with van der Waals surface area (Å²) < 4.78 is 4.93. The van der Waals surface area contributed by atoms with Gasteiger partial charge < -0.3 is 9.64 Å². The highest BCUT2D eigenvalue weighted by atomic mass is 16.6. The number of likely N-dealkylation sites (N-methyl/N-ethyl adjacent to an activating group) is 1. The van der Waals surface area contributed by atoms with Crippen molar-refractivity contribution < 1.29 is 9.66 Å². The van der Waals surface area contributed by atoms with Crippen LogP contribution >= 0.6 is 0 Å². The fourth-order valence-electron chi connectivity index (χ4n) is 1.36. The summed E-state index contributed by atoms with van der Waals surface area (Å²) in [6, 6.07) is 6.34. The van der Waals surface area contributed by atoms with Gasteiger partial charge in [0.1, 0.15) is 11.6 Å². The molecule has 0 amide bonds. The van der Waals surface area contributed by atoms with Crippen LogP contribution in [0.25, 0.3) is 0 Å². The molecule has 0 aliphatic carbocycles. The maximum absolute atomic E-state index is 10.8. The van der Waals surface area contributed by atoms with E-state index in [1.807, 2.05) is 11.9 Å². The third kappa shape index (κ3) is 3.16. The van der Waals surface area contributed by atoms with Crippen molar-refractivity contribution in [2.75, 3.05) is 32.2 Å². The summed E-state index contributed by atoms with van der Waals surface area (Å²) in [5.41, 5.74) is 0.584. The molecule has 0 heterocycles. The van der Waals surface area contributed by atoms with Crippen LogP contribution < -0.4 is 4.90 Å². The van der Waals surface area contributed by atoms with Gasteiger partial charge in [-0.25, -0.2) is 0 Å². The first-order chi connectivity index (χ1) is 8.10. The van der Waals surface area contributed by atoms with Crippen LogP contribution in [-0.4, -0.2) is 32.2 Å². The number of rotatable bonds is 5. The molecule has 0 saturated carbocycles. The monoisotopic (exact) mass is 235 g/mol. The van der Waals surface area contributed by atoms with Gasteiger partial charge in [0, 0.05) is 32.5 Å². The van der Waals surface area contributed by atoms with Gasteiger partial charge in [0.15, 0.2) is 0 Å². The van der Waals surface area contributed by atoms with E-state index in [1.54, 1.807) is 19.2 Å². The van der Waals surface area contributed by atoms with Crippen LogP contribution in [0.5, 0.6) is 0 Å². The first-order valence-corrected chi connectivity index (χ1v) is 4.98. The second-order valence-electron chi connectivity index (χ2n) is 3.48. The lowest BCUT2D eigenvalue weighted by molar-refractivity contribution is -0.385. The molecule has 1 aromatic carbocycles. The molecule has 0 aliphatic heterocycles. The minimum Gasteiger partial charge on any atom is -0.383 e. The van der Waals surface area contributed by atoms with Gasteiger partial charge in [-0.2, -0.15) is 5.26 Å². The molecule has 17 heavy (non-hydrogen) atoms. The molecule has 0 aliphatic rings. The second kappa shape index (κ2) is 5.82. The molecule has 6 nitrogen and oxygen atoms in total. The molecule has 0 N–H and O–H groups in total. The van der Waals surface area contributed by atoms with Gasteiger partial charge in [0.2, 0.25) is 0 Å². The van der Waals surface area contributed by atoms with Crippen molar-refractivity contribution in [1.82, 2.24) is 0 Å². The SMILES string of the molecule is COCCN(C)c1ccc(C#N)c([N+](=O)[O-])c1. The van der Waals surface area contributed by atoms with Crippen molar-refractivity contribution in [2.45, 2.75) is 0 Å². The molecule has 0 bridgehead atoms. The molecule has 90 valence electrons. The third-order valence-corrected chi connectivity index (χ3v) is 2.37. The number of ether oxygens (including phenoxy) is 1. The van der Waals surface area contributed by atoms with Crippen LogP contribution in [-0.2, 0) is 4.74 Å². The van der Waals surface area contributed by atoms with E-state index in [9.17, 15) is 10.1 Å². The maximum atomic E-state index is 10.8. The van der Waals surface area contributed by atoms with Crippen LogP contribution in [0.4, 0.5) is 11.4 Å². The van der Waals surface area contributed by atoms with Gasteiger partial charge in [0.25, 0.3) is 5.69 Å². The number of methoxy groups -OCH3 is 1. The van der Waals surface area contributed by atoms with Crippen molar-refractivity contribution in [3.63, 3.8) is 0 Å². The lowest BCUT2D eigenvalue weighted by atomic mass is 10.1. The van der Waals surface area contributed by atoms with Crippen molar-refractivity contribution in [1.29, 1.82) is 5.26 Å². The van der Waals surface area contributed by atoms with Gasteiger partial charge >= 0.3 is 0 Å². The van der Waals surface area contributed by atoms with Crippen molar-refractivity contribution >= 4 is 11.4 Å². The molecule has 0 unspecified atom stereocenters. The van der Waals surface area contributed by atoms with E-state index in [4.69, 9.17) is 10.00 Å². The summed E-state index contributed by atoms with van der Waals surface area (Å²) in [4.78, 5) is 12.1. The second-order valence-corrected chi connectivity index (χ2v) is 3.48. The largest absolute Gasteiger partial charge is 0.383 e. The van der Waals surface area contributed by atoms with E-state index >= 15 is 0 Å². The lowest BCUT2D eigenvalue weighted by Crippen LogP contribution is -2.22. The van der Waals surface area contributed by atoms with Crippen LogP contribution in [0.2, 0.25) is 0 Å². The number of benzene rings is 1. The summed E-state index contributed by atoms with van der Waals surface area (Å²) in [7, 11) is 3.40. The molecule has 0 radical (unpaired) electrons. The van der Waals surface area contributed by atoms with E-state index in [2.05, 4.69) is 0 Å². The van der Waals surface area contributed by atoms with Crippen LogP contribution in [0.3, 0.4) is 0 Å². The zero-order chi connectivity index (χ0) is 12.8. The van der Waals surface area contributed by atoms with E-state index in [-0.39, 0.29) is 11.3 Å². The molecule has 0 atom stereocenters. The average molecular weight is 235 g/mol. The van der Waals surface area contributed by atoms with Gasteiger partial charge in [-0.1, -0.05) is 0 Å². The molecular weight excluding hydrogens is 222 g/mol. The zero-order valence-electron chi connectivity index (χ0n) is 9.71. The Morgan fingerprint density at radius 1 is 1.59 bits per heavy atom. The number of nitrogens with zero attached hydrogens (tertiary/aromatic N) is 3. The number of nitro groups is 1. The van der Waals surface area contributed by atoms with Crippen LogP contribution in [0, 0.1) is 21.4 Å². The third-order valence-electron chi connectivity index (χ3n) is 2.37. The van der Waals surface area contributed by atoms with Crippen molar-refractivity contribution in [3.8, 4) is 6.07 Å². The van der Waals surface area contributed by atoms with E-state index in [0.29, 0.717) is 18.8 Å². The Labute approximate surface area is 99.2 Å². The predicted octanol–water partition coefficient (Wildman–Crippen LogP) is 1.55. The Morgan fingerprint density at radius 3 is 2.82 bits per heavy atom. The first kappa shape index (κ1) is 12.9. The van der Waals surface area contributed by atoms with Crippen LogP contribution in [0.1, 0.15) is 5.56 Å². The Kier molecular flexibility index (Phi) is 4.43. The molecule has 1 aromatic rings. The Balaban J connectivity index is 3.00. The normalized spacial score (nSPS) is 9.71. The molecule has 6 heteroatoms. The quantitative estimate of drug-likeness (QED) is 0.571. The molecule has 0 fully saturated rings. The Bertz CT molecular complexity index is 454. The highest BCUT2D eigenvalue weighted by Gasteiger charge is 2.15. The Hall–Kier alpha value is -2.13. The molecule has 0 saturated heterocycles. The topological polar surface area (TPSA) is 79.4 Å². The first-order valence-electron chi connectivity index (χ1n) is 4.98. The summed E-state index contributed by atoms with van der Waals surface area (Å²) in [6.45, 7) is 1.16. The van der Waals surface area contributed by atoms with Gasteiger partial charge in [-0.05, 0) is 12.1 Å². The minimum absolute atomic E-state index is 0.0684. The van der Waals surface area contributed by atoms with Crippen molar-refractivity contribution in [2.24, 2.45) is 0 Å². The van der Waals surface area contributed by atoms with Crippen LogP contribution in [0.15, 0.2) is 18.2 Å². The lowest BCUT2D eigenvalue weighted by Gasteiger charge is -2.18. The zero-order valence-corrected chi connectivity index (χ0v) is 9.71. The summed E-state index contributed by atoms with van der Waals surface area (Å²) in [5.74, 6) is 0. The average Bonchev–Trinajstić information content (AvgIpc) is 2.34. The molecule has 0 aromatic heterocycles. The standard InChI is InChI=1S/C11H13N3O3/c1-13(5-6-17-2)10-4-3-9(8-12)11(7-10)14(15)16/h3-4,7H,5-6H2,1-2H3. The summed E-state index contributed by atoms with van der Waals surface area (Å²) in [5, 5.41) is 19.5. The maximum Gasteiger partial charge on any atom is 0.289 e. The van der Waals surface area contributed by atoms with Gasteiger partial charge in [-0.15, -0.1) is 0 Å². The van der Waals surface area contributed by atoms with E-state index in [0.717, 1.165) is 0 Å². The van der Waals surface area contributed by atoms with Crippen molar-refractivity contribution in [3.05, 3.63) is 33.9 Å². The van der Waals surface area contributed by atoms with E-state index in [1.165, 1.54) is 12.1 Å². The number of anilines is 1. The van der Waals surface area contributed by atoms with Gasteiger partial charge in [-0.3, -0.25) is 10.1 Å². The number of hydrogen-bond acceptors (Lipinski definition) is 5.